The lowest BCUT2D eigenvalue weighted by Gasteiger charge is -2.25. The Bertz CT molecular complexity index is 981. The summed E-state index contributed by atoms with van der Waals surface area (Å²) < 4.78 is 0. The van der Waals surface area contributed by atoms with Crippen molar-refractivity contribution >= 4 is 35.5 Å². The van der Waals surface area contributed by atoms with E-state index in [2.05, 4.69) is 10.6 Å². The molecule has 4 atom stereocenters. The lowest BCUT2D eigenvalue weighted by Crippen LogP contribution is -2.58. The van der Waals surface area contributed by atoms with Gasteiger partial charge in [-0.3, -0.25) is 24.0 Å². The van der Waals surface area contributed by atoms with Crippen LogP contribution in [0.15, 0.2) is 24.3 Å². The average molecular weight is 509 g/mol. The zero-order valence-corrected chi connectivity index (χ0v) is 19.9. The van der Waals surface area contributed by atoms with Crippen LogP contribution in [0.1, 0.15) is 32.3 Å². The molecule has 0 fully saturated rings. The summed E-state index contributed by atoms with van der Waals surface area (Å²) in [5.74, 6) is -6.48. The Balaban J connectivity index is 3.16. The van der Waals surface area contributed by atoms with E-state index >= 15 is 0 Å². The Morgan fingerprint density at radius 2 is 1.22 bits per heavy atom. The van der Waals surface area contributed by atoms with E-state index in [0.29, 0.717) is 5.56 Å². The van der Waals surface area contributed by atoms with Crippen LogP contribution in [0, 0.1) is 5.92 Å². The van der Waals surface area contributed by atoms with E-state index in [0.717, 1.165) is 0 Å². The first kappa shape index (κ1) is 29.8. The van der Waals surface area contributed by atoms with E-state index in [1.165, 1.54) is 24.3 Å². The molecule has 0 spiro atoms. The number of aromatic hydroxyl groups is 1. The average Bonchev–Trinajstić information content (AvgIpc) is 2.77. The van der Waals surface area contributed by atoms with E-state index in [-0.39, 0.29) is 18.1 Å². The standard InChI is InChI=1S/C22H32N6O8/c1-10(2)18(25)21(34)27-13(7-11-3-5-12(29)6-4-11)19(32)26-14(8-16(23)30)20(33)28-15(22(35)36)9-17(24)31/h3-6,10,13-15,18,29H,7-9,25H2,1-2H3,(H2,23,30)(H2,24,31)(H,26,32)(H,27,34)(H,28,33)(H,35,36). The molecule has 0 saturated carbocycles. The van der Waals surface area contributed by atoms with Gasteiger partial charge in [0.1, 0.15) is 23.9 Å². The minimum absolute atomic E-state index is 0.0206. The lowest BCUT2D eigenvalue weighted by atomic mass is 10.0. The van der Waals surface area contributed by atoms with Gasteiger partial charge in [0.15, 0.2) is 0 Å². The number of phenolic OH excluding ortho intramolecular Hbond substituents is 1. The monoisotopic (exact) mass is 508 g/mol. The van der Waals surface area contributed by atoms with E-state index < -0.39 is 72.5 Å². The fraction of sp³-hybridized carbons (Fsp3) is 0.455. The van der Waals surface area contributed by atoms with Crippen LogP contribution in [0.4, 0.5) is 0 Å². The number of primary amides is 2. The van der Waals surface area contributed by atoms with E-state index in [4.69, 9.17) is 17.2 Å². The number of hydrogen-bond donors (Lipinski definition) is 8. The normalized spacial score (nSPS) is 14.1. The molecule has 1 aromatic rings. The molecule has 14 nitrogen and oxygen atoms in total. The number of phenols is 1. The highest BCUT2D eigenvalue weighted by atomic mass is 16.4. The van der Waals surface area contributed by atoms with Crippen LogP contribution in [0.5, 0.6) is 5.75 Å². The van der Waals surface area contributed by atoms with Crippen LogP contribution in [-0.2, 0) is 35.2 Å². The molecule has 14 heteroatoms. The number of carboxylic acids is 1. The summed E-state index contributed by atoms with van der Waals surface area (Å²) in [6.45, 7) is 3.41. The SMILES string of the molecule is CC(C)C(N)C(=O)NC(Cc1ccc(O)cc1)C(=O)NC(CC(N)=O)C(=O)NC(CC(N)=O)C(=O)O. The summed E-state index contributed by atoms with van der Waals surface area (Å²) in [7, 11) is 0. The predicted octanol–water partition coefficient (Wildman–Crippen LogP) is -2.79. The van der Waals surface area contributed by atoms with Crippen molar-refractivity contribution in [3.05, 3.63) is 29.8 Å². The topological polar surface area (TPSA) is 257 Å². The Morgan fingerprint density at radius 3 is 1.69 bits per heavy atom. The molecular weight excluding hydrogens is 476 g/mol. The third-order valence-corrected chi connectivity index (χ3v) is 5.09. The third kappa shape index (κ3) is 9.97. The second-order valence-electron chi connectivity index (χ2n) is 8.50. The first-order valence-corrected chi connectivity index (χ1v) is 10.9. The maximum absolute atomic E-state index is 13.1. The molecule has 5 amide bonds. The maximum atomic E-state index is 13.1. The molecule has 36 heavy (non-hydrogen) atoms. The van der Waals surface area contributed by atoms with Crippen molar-refractivity contribution in [2.45, 2.75) is 57.3 Å². The van der Waals surface area contributed by atoms with Gasteiger partial charge >= 0.3 is 5.97 Å². The zero-order chi connectivity index (χ0) is 27.6. The second-order valence-corrected chi connectivity index (χ2v) is 8.50. The third-order valence-electron chi connectivity index (χ3n) is 5.09. The Hall–Kier alpha value is -4.20. The molecule has 0 radical (unpaired) electrons. The van der Waals surface area contributed by atoms with Crippen molar-refractivity contribution in [2.24, 2.45) is 23.1 Å². The lowest BCUT2D eigenvalue weighted by molar-refractivity contribution is -0.144. The highest BCUT2D eigenvalue weighted by molar-refractivity contribution is 5.96. The summed E-state index contributed by atoms with van der Waals surface area (Å²) in [6.07, 6.45) is -1.51. The molecule has 1 rings (SSSR count). The molecule has 0 saturated heterocycles. The van der Waals surface area contributed by atoms with Gasteiger partial charge in [0, 0.05) is 6.42 Å². The second kappa shape index (κ2) is 13.6. The number of hydrogen-bond acceptors (Lipinski definition) is 8. The molecule has 0 aromatic heterocycles. The smallest absolute Gasteiger partial charge is 0.326 e. The molecule has 1 aromatic carbocycles. The number of carbonyl (C=O) groups excluding carboxylic acids is 5. The zero-order valence-electron chi connectivity index (χ0n) is 19.9. The van der Waals surface area contributed by atoms with Crippen LogP contribution in [0.3, 0.4) is 0 Å². The Kier molecular flexibility index (Phi) is 11.3. The first-order valence-electron chi connectivity index (χ1n) is 10.9. The number of nitrogens with one attached hydrogen (secondary N) is 3. The van der Waals surface area contributed by atoms with Crippen molar-refractivity contribution in [3.63, 3.8) is 0 Å². The van der Waals surface area contributed by atoms with E-state index in [1.807, 2.05) is 5.32 Å². The van der Waals surface area contributed by atoms with Crippen molar-refractivity contribution in [3.8, 4) is 5.75 Å². The first-order chi connectivity index (χ1) is 16.7. The molecule has 0 bridgehead atoms. The van der Waals surface area contributed by atoms with Crippen molar-refractivity contribution in [1.82, 2.24) is 16.0 Å². The summed E-state index contributed by atoms with van der Waals surface area (Å²) in [5.41, 5.74) is 16.6. The minimum Gasteiger partial charge on any atom is -0.508 e. The minimum atomic E-state index is -1.71. The van der Waals surface area contributed by atoms with Gasteiger partial charge in [-0.25, -0.2) is 4.79 Å². The van der Waals surface area contributed by atoms with Gasteiger partial charge in [-0.2, -0.15) is 0 Å². The molecule has 4 unspecified atom stereocenters. The summed E-state index contributed by atoms with van der Waals surface area (Å²) in [5, 5.41) is 25.5. The van der Waals surface area contributed by atoms with Gasteiger partial charge in [0.25, 0.3) is 0 Å². The highest BCUT2D eigenvalue weighted by Gasteiger charge is 2.32. The van der Waals surface area contributed by atoms with Crippen molar-refractivity contribution in [1.29, 1.82) is 0 Å². The number of nitrogens with two attached hydrogens (primary N) is 3. The Labute approximate surface area is 206 Å². The number of carboxylic acid groups (broad SMARTS) is 1. The number of carbonyl (C=O) groups is 6. The van der Waals surface area contributed by atoms with Gasteiger partial charge in [-0.15, -0.1) is 0 Å². The van der Waals surface area contributed by atoms with Crippen LogP contribution >= 0.6 is 0 Å². The van der Waals surface area contributed by atoms with Gasteiger partial charge in [0.2, 0.25) is 29.5 Å². The molecular formula is C22H32N6O8. The maximum Gasteiger partial charge on any atom is 0.326 e. The van der Waals surface area contributed by atoms with Gasteiger partial charge in [-0.1, -0.05) is 26.0 Å². The fourth-order valence-corrected chi connectivity index (χ4v) is 3.00. The molecule has 0 aliphatic rings. The van der Waals surface area contributed by atoms with Gasteiger partial charge in [-0.05, 0) is 23.6 Å². The van der Waals surface area contributed by atoms with Crippen LogP contribution in [0.2, 0.25) is 0 Å². The van der Waals surface area contributed by atoms with Gasteiger partial charge in [0.05, 0.1) is 18.9 Å². The molecule has 0 heterocycles. The van der Waals surface area contributed by atoms with Crippen molar-refractivity contribution < 1.29 is 39.0 Å². The fourth-order valence-electron chi connectivity index (χ4n) is 3.00. The Morgan fingerprint density at radius 1 is 0.778 bits per heavy atom. The van der Waals surface area contributed by atoms with Crippen LogP contribution < -0.4 is 33.2 Å². The van der Waals surface area contributed by atoms with Crippen LogP contribution in [0.25, 0.3) is 0 Å². The van der Waals surface area contributed by atoms with E-state index in [9.17, 15) is 39.0 Å². The number of benzene rings is 1. The van der Waals surface area contributed by atoms with Gasteiger partial charge < -0.3 is 43.4 Å². The van der Waals surface area contributed by atoms with Crippen LogP contribution in [-0.4, -0.2) is 69.9 Å². The van der Waals surface area contributed by atoms with E-state index in [1.54, 1.807) is 13.8 Å². The summed E-state index contributed by atoms with van der Waals surface area (Å²) in [4.78, 5) is 72.3. The molecule has 198 valence electrons. The van der Waals surface area contributed by atoms with Crippen molar-refractivity contribution in [2.75, 3.05) is 0 Å². The summed E-state index contributed by atoms with van der Waals surface area (Å²) >= 11 is 0. The highest BCUT2D eigenvalue weighted by Crippen LogP contribution is 2.12. The molecule has 0 aliphatic carbocycles. The number of aliphatic carboxylic acids is 1. The summed E-state index contributed by atoms with van der Waals surface area (Å²) in [6, 6.07) is 0.227. The predicted molar refractivity (Wildman–Crippen MR) is 126 cm³/mol. The number of rotatable bonds is 14. The molecule has 0 aliphatic heterocycles. The molecule has 11 N–H and O–H groups in total. The quantitative estimate of drug-likeness (QED) is 0.129. The largest absolute Gasteiger partial charge is 0.508 e. The number of amides is 5.